The summed E-state index contributed by atoms with van der Waals surface area (Å²) >= 11 is 0. The van der Waals surface area contributed by atoms with Crippen LogP contribution in [-0.2, 0) is 17.3 Å². The van der Waals surface area contributed by atoms with Crippen molar-refractivity contribution in [2.24, 2.45) is 0 Å². The van der Waals surface area contributed by atoms with Crippen LogP contribution in [0.2, 0.25) is 0 Å². The van der Waals surface area contributed by atoms with Crippen LogP contribution in [0.15, 0.2) is 146 Å². The Labute approximate surface area is 277 Å². The summed E-state index contributed by atoms with van der Waals surface area (Å²) in [5.74, 6) is 3.70. The Morgan fingerprint density at radius 1 is 0.362 bits per heavy atom. The minimum absolute atomic E-state index is 0.197. The average Bonchev–Trinajstić information content (AvgIpc) is 3.07. The van der Waals surface area contributed by atoms with Crippen molar-refractivity contribution in [1.29, 1.82) is 0 Å². The molecule has 0 aliphatic heterocycles. The highest BCUT2D eigenvalue weighted by molar-refractivity contribution is 5.45. The highest BCUT2D eigenvalue weighted by atomic mass is 16.5. The van der Waals surface area contributed by atoms with Gasteiger partial charge in [0.15, 0.2) is 0 Å². The van der Waals surface area contributed by atoms with Gasteiger partial charge >= 0.3 is 0 Å². The topological polar surface area (TPSA) is 58.9 Å². The zero-order valence-corrected chi connectivity index (χ0v) is 27.3. The van der Waals surface area contributed by atoms with Crippen molar-refractivity contribution in [3.05, 3.63) is 179 Å². The van der Waals surface area contributed by atoms with Crippen LogP contribution < -0.4 is 9.47 Å². The van der Waals surface area contributed by atoms with E-state index in [1.165, 1.54) is 22.3 Å². The number of hydrogen-bond donors (Lipinski definition) is 2. The molecular formula is C43H40O4. The number of phenolic OH excluding ortho intramolecular Hbond substituents is 2. The monoisotopic (exact) mass is 620 g/mol. The van der Waals surface area contributed by atoms with Crippen molar-refractivity contribution in [3.8, 4) is 34.5 Å². The molecule has 6 aromatic rings. The van der Waals surface area contributed by atoms with Gasteiger partial charge in [-0.2, -0.15) is 0 Å². The van der Waals surface area contributed by atoms with Crippen LogP contribution in [0.25, 0.3) is 0 Å². The van der Waals surface area contributed by atoms with Gasteiger partial charge in [-0.25, -0.2) is 0 Å². The van der Waals surface area contributed by atoms with E-state index in [1.807, 2.05) is 72.8 Å². The molecule has 2 N–H and O–H groups in total. The molecule has 0 aliphatic carbocycles. The first-order valence-corrected chi connectivity index (χ1v) is 15.9. The number of ether oxygens (including phenoxy) is 2. The standard InChI is InChI=1S/C43H40O4/c1-42(2,32-9-17-36(44)18-10-32)34-13-25-40(26-14-34)46-38-21-5-30(6-22-38)29-31-7-23-39(24-8-31)47-41-27-15-35(16-28-41)43(3,4)33-11-19-37(45)20-12-33/h5-28,44-45H,29H2,1-4H3. The van der Waals surface area contributed by atoms with Gasteiger partial charge in [0.05, 0.1) is 0 Å². The molecule has 236 valence electrons. The van der Waals surface area contributed by atoms with Crippen LogP contribution in [0, 0.1) is 0 Å². The van der Waals surface area contributed by atoms with E-state index < -0.39 is 0 Å². The fourth-order valence-electron chi connectivity index (χ4n) is 5.83. The maximum absolute atomic E-state index is 9.64. The molecule has 0 fully saturated rings. The summed E-state index contributed by atoms with van der Waals surface area (Å²) in [5, 5.41) is 19.3. The smallest absolute Gasteiger partial charge is 0.127 e. The Balaban J connectivity index is 1.03. The third-order valence-corrected chi connectivity index (χ3v) is 9.06. The highest BCUT2D eigenvalue weighted by Gasteiger charge is 2.24. The fourth-order valence-corrected chi connectivity index (χ4v) is 5.83. The third kappa shape index (κ3) is 7.34. The first kappa shape index (κ1) is 31.5. The van der Waals surface area contributed by atoms with Crippen LogP contribution in [0.1, 0.15) is 61.1 Å². The van der Waals surface area contributed by atoms with Gasteiger partial charge < -0.3 is 19.7 Å². The van der Waals surface area contributed by atoms with Gasteiger partial charge in [0.25, 0.3) is 0 Å². The van der Waals surface area contributed by atoms with Crippen LogP contribution in [-0.4, -0.2) is 10.2 Å². The summed E-state index contributed by atoms with van der Waals surface area (Å²) < 4.78 is 12.3. The molecule has 0 bridgehead atoms. The lowest BCUT2D eigenvalue weighted by Gasteiger charge is -2.26. The van der Waals surface area contributed by atoms with Crippen LogP contribution in [0.5, 0.6) is 34.5 Å². The molecule has 0 saturated carbocycles. The third-order valence-electron chi connectivity index (χ3n) is 9.06. The zero-order chi connectivity index (χ0) is 33.0. The Bertz CT molecular complexity index is 1760. The van der Waals surface area contributed by atoms with E-state index in [-0.39, 0.29) is 22.3 Å². The predicted molar refractivity (Wildman–Crippen MR) is 189 cm³/mol. The molecule has 47 heavy (non-hydrogen) atoms. The Morgan fingerprint density at radius 3 is 0.872 bits per heavy atom. The maximum atomic E-state index is 9.64. The fraction of sp³-hybridized carbons (Fsp3) is 0.163. The molecule has 0 aromatic heterocycles. The first-order chi connectivity index (χ1) is 22.6. The number of aromatic hydroxyl groups is 2. The second-order valence-corrected chi connectivity index (χ2v) is 13.1. The molecule has 0 radical (unpaired) electrons. The zero-order valence-electron chi connectivity index (χ0n) is 27.3. The summed E-state index contributed by atoms with van der Waals surface area (Å²) in [4.78, 5) is 0. The summed E-state index contributed by atoms with van der Waals surface area (Å²) in [6.07, 6.45) is 0.808. The molecule has 0 aliphatic rings. The second kappa shape index (κ2) is 13.1. The van der Waals surface area contributed by atoms with Crippen molar-refractivity contribution < 1.29 is 19.7 Å². The molecular weight excluding hydrogens is 580 g/mol. The Morgan fingerprint density at radius 2 is 0.596 bits per heavy atom. The number of benzene rings is 6. The molecule has 4 heteroatoms. The summed E-state index contributed by atoms with van der Waals surface area (Å²) in [5.41, 5.74) is 6.62. The number of phenols is 2. The van der Waals surface area contributed by atoms with E-state index in [4.69, 9.17) is 9.47 Å². The average molecular weight is 621 g/mol. The van der Waals surface area contributed by atoms with Crippen molar-refractivity contribution in [1.82, 2.24) is 0 Å². The minimum atomic E-state index is -0.197. The molecule has 0 saturated heterocycles. The van der Waals surface area contributed by atoms with Crippen LogP contribution >= 0.6 is 0 Å². The Kier molecular flexibility index (Phi) is 8.78. The van der Waals surface area contributed by atoms with Crippen molar-refractivity contribution in [2.75, 3.05) is 0 Å². The lowest BCUT2D eigenvalue weighted by molar-refractivity contribution is 0.473. The van der Waals surface area contributed by atoms with E-state index in [2.05, 4.69) is 76.2 Å². The van der Waals surface area contributed by atoms with E-state index in [9.17, 15) is 10.2 Å². The summed E-state index contributed by atoms with van der Waals surface area (Å²) in [6.45, 7) is 8.71. The molecule has 0 unspecified atom stereocenters. The van der Waals surface area contributed by atoms with Gasteiger partial charge in [-0.3, -0.25) is 0 Å². The van der Waals surface area contributed by atoms with Gasteiger partial charge in [-0.1, -0.05) is 100 Å². The molecule has 0 spiro atoms. The largest absolute Gasteiger partial charge is 0.508 e. The van der Waals surface area contributed by atoms with Gasteiger partial charge in [0.1, 0.15) is 34.5 Å². The summed E-state index contributed by atoms with van der Waals surface area (Å²) in [7, 11) is 0. The predicted octanol–water partition coefficient (Wildman–Crippen LogP) is 10.9. The second-order valence-electron chi connectivity index (χ2n) is 13.1. The first-order valence-electron chi connectivity index (χ1n) is 15.9. The van der Waals surface area contributed by atoms with Crippen molar-refractivity contribution in [3.63, 3.8) is 0 Å². The van der Waals surface area contributed by atoms with Crippen LogP contribution in [0.3, 0.4) is 0 Å². The maximum Gasteiger partial charge on any atom is 0.127 e. The van der Waals surface area contributed by atoms with Gasteiger partial charge in [0.2, 0.25) is 0 Å². The van der Waals surface area contributed by atoms with Gasteiger partial charge in [-0.15, -0.1) is 0 Å². The summed E-state index contributed by atoms with van der Waals surface area (Å²) in [6, 6.07) is 47.6. The molecule has 0 atom stereocenters. The molecule has 0 heterocycles. The lowest BCUT2D eigenvalue weighted by Crippen LogP contribution is -2.18. The number of rotatable bonds is 10. The van der Waals surface area contributed by atoms with Crippen LogP contribution in [0.4, 0.5) is 0 Å². The van der Waals surface area contributed by atoms with E-state index in [0.717, 1.165) is 40.5 Å². The molecule has 0 amide bonds. The quantitative estimate of drug-likeness (QED) is 0.160. The van der Waals surface area contributed by atoms with Crippen molar-refractivity contribution in [2.45, 2.75) is 44.9 Å². The van der Waals surface area contributed by atoms with E-state index in [1.54, 1.807) is 24.3 Å². The molecule has 6 rings (SSSR count). The minimum Gasteiger partial charge on any atom is -0.508 e. The van der Waals surface area contributed by atoms with E-state index in [0.29, 0.717) is 0 Å². The van der Waals surface area contributed by atoms with E-state index >= 15 is 0 Å². The molecule has 6 aromatic carbocycles. The SMILES string of the molecule is CC(C)(c1ccc(O)cc1)c1ccc(Oc2ccc(Cc3ccc(Oc4ccc(C(C)(C)c5ccc(O)cc5)cc4)cc3)cc2)cc1. The van der Waals surface area contributed by atoms with Gasteiger partial charge in [-0.05, 0) is 113 Å². The normalized spacial score (nSPS) is 11.7. The van der Waals surface area contributed by atoms with Crippen molar-refractivity contribution >= 4 is 0 Å². The molecule has 4 nitrogen and oxygen atoms in total. The number of hydrogen-bond acceptors (Lipinski definition) is 4. The van der Waals surface area contributed by atoms with Gasteiger partial charge in [0, 0.05) is 10.8 Å². The highest BCUT2D eigenvalue weighted by Crippen LogP contribution is 2.35. The lowest BCUT2D eigenvalue weighted by atomic mass is 9.78. The Hall–Kier alpha value is -5.48.